The average Bonchev–Trinajstić information content (AvgIpc) is 2.92. The number of hydrogen-bond donors (Lipinski definition) is 1. The minimum absolute atomic E-state index is 0.745. The first kappa shape index (κ1) is 13.4. The summed E-state index contributed by atoms with van der Waals surface area (Å²) in [6.45, 7) is 9.23. The van der Waals surface area contributed by atoms with Gasteiger partial charge in [0.2, 0.25) is 0 Å². The molecule has 1 N–H and O–H groups in total. The largest absolute Gasteiger partial charge is 0.316 e. The number of fused-ring (bicyclic) bond motifs is 1. The maximum atomic E-state index is 6.05. The average molecular weight is 279 g/mol. The Balaban J connectivity index is 1.76. The Morgan fingerprint density at radius 2 is 2.21 bits per heavy atom. The van der Waals surface area contributed by atoms with Crippen LogP contribution in [0, 0.1) is 18.8 Å². The Bertz CT molecular complexity index is 460. The molecule has 3 heteroatoms. The predicted octanol–water partition coefficient (Wildman–Crippen LogP) is 3.08. The molecule has 0 radical (unpaired) electrons. The second kappa shape index (κ2) is 5.43. The molecule has 0 saturated carbocycles. The third-order valence-electron chi connectivity index (χ3n) is 4.92. The van der Waals surface area contributed by atoms with Crippen molar-refractivity contribution >= 4 is 11.6 Å². The molecule has 1 aromatic carbocycles. The van der Waals surface area contributed by atoms with Crippen LogP contribution >= 0.6 is 11.6 Å². The Labute approximate surface area is 121 Å². The lowest BCUT2D eigenvalue weighted by molar-refractivity contribution is 0.210. The standard InChI is InChI=1S/C16H23ClN2/c1-3-16-15-8-18-7-13(15)10-19(16)9-12-4-5-14(17)6-11(12)2/h4-6,13,15-16,18H,3,7-10H2,1-2H3. The number of hydrogen-bond acceptors (Lipinski definition) is 2. The van der Waals surface area contributed by atoms with Gasteiger partial charge in [-0.05, 0) is 61.5 Å². The van der Waals surface area contributed by atoms with Crippen LogP contribution in [0.5, 0.6) is 0 Å². The highest BCUT2D eigenvalue weighted by Crippen LogP contribution is 2.35. The molecule has 0 aliphatic carbocycles. The van der Waals surface area contributed by atoms with Crippen LogP contribution in [-0.2, 0) is 6.54 Å². The fourth-order valence-electron chi connectivity index (χ4n) is 3.91. The lowest BCUT2D eigenvalue weighted by atomic mass is 9.93. The lowest BCUT2D eigenvalue weighted by Gasteiger charge is -2.27. The number of nitrogens with one attached hydrogen (secondary N) is 1. The van der Waals surface area contributed by atoms with Crippen LogP contribution in [0.25, 0.3) is 0 Å². The zero-order valence-corrected chi connectivity index (χ0v) is 12.6. The molecule has 3 rings (SSSR count). The van der Waals surface area contributed by atoms with Gasteiger partial charge < -0.3 is 5.32 Å². The van der Waals surface area contributed by atoms with Crippen LogP contribution in [-0.4, -0.2) is 30.6 Å². The first-order valence-corrected chi connectivity index (χ1v) is 7.76. The van der Waals surface area contributed by atoms with Crippen LogP contribution in [0.2, 0.25) is 5.02 Å². The summed E-state index contributed by atoms with van der Waals surface area (Å²) in [5, 5.41) is 4.39. The molecular formula is C16H23ClN2. The maximum absolute atomic E-state index is 6.05. The normalized spacial score (nSPS) is 30.8. The quantitative estimate of drug-likeness (QED) is 0.914. The molecule has 2 aliphatic heterocycles. The van der Waals surface area contributed by atoms with E-state index >= 15 is 0 Å². The smallest absolute Gasteiger partial charge is 0.0408 e. The van der Waals surface area contributed by atoms with E-state index < -0.39 is 0 Å². The Kier molecular flexibility index (Phi) is 3.84. The van der Waals surface area contributed by atoms with Crippen LogP contribution in [0.15, 0.2) is 18.2 Å². The number of aryl methyl sites for hydroxylation is 1. The van der Waals surface area contributed by atoms with E-state index in [1.807, 2.05) is 6.07 Å². The minimum atomic E-state index is 0.745. The van der Waals surface area contributed by atoms with E-state index in [1.165, 1.54) is 37.2 Å². The monoisotopic (exact) mass is 278 g/mol. The van der Waals surface area contributed by atoms with Crippen molar-refractivity contribution in [3.05, 3.63) is 34.3 Å². The topological polar surface area (TPSA) is 15.3 Å². The summed E-state index contributed by atoms with van der Waals surface area (Å²) >= 11 is 6.05. The summed E-state index contributed by atoms with van der Waals surface area (Å²) in [6, 6.07) is 7.03. The maximum Gasteiger partial charge on any atom is 0.0408 e. The van der Waals surface area contributed by atoms with Gasteiger partial charge in [0, 0.05) is 24.2 Å². The summed E-state index contributed by atoms with van der Waals surface area (Å²) in [5.74, 6) is 1.72. The van der Waals surface area contributed by atoms with Crippen molar-refractivity contribution in [3.63, 3.8) is 0 Å². The molecule has 2 heterocycles. The van der Waals surface area contributed by atoms with E-state index in [-0.39, 0.29) is 0 Å². The molecule has 0 amide bonds. The first-order valence-electron chi connectivity index (χ1n) is 7.39. The molecule has 1 aromatic rings. The van der Waals surface area contributed by atoms with Gasteiger partial charge in [-0.3, -0.25) is 4.90 Å². The Hall–Kier alpha value is -0.570. The molecule has 2 aliphatic rings. The lowest BCUT2D eigenvalue weighted by Crippen LogP contribution is -2.34. The van der Waals surface area contributed by atoms with Crippen LogP contribution in [0.4, 0.5) is 0 Å². The van der Waals surface area contributed by atoms with Gasteiger partial charge >= 0.3 is 0 Å². The van der Waals surface area contributed by atoms with E-state index in [1.54, 1.807) is 0 Å². The van der Waals surface area contributed by atoms with Gasteiger partial charge in [0.25, 0.3) is 0 Å². The number of benzene rings is 1. The fraction of sp³-hybridized carbons (Fsp3) is 0.625. The molecule has 0 bridgehead atoms. The Morgan fingerprint density at radius 1 is 1.37 bits per heavy atom. The third-order valence-corrected chi connectivity index (χ3v) is 5.16. The highest BCUT2D eigenvalue weighted by atomic mass is 35.5. The van der Waals surface area contributed by atoms with Crippen LogP contribution in [0.3, 0.4) is 0 Å². The van der Waals surface area contributed by atoms with Gasteiger partial charge in [0.1, 0.15) is 0 Å². The number of halogens is 1. The van der Waals surface area contributed by atoms with Gasteiger partial charge in [-0.2, -0.15) is 0 Å². The molecule has 2 saturated heterocycles. The van der Waals surface area contributed by atoms with Gasteiger partial charge in [0.15, 0.2) is 0 Å². The summed E-state index contributed by atoms with van der Waals surface area (Å²) in [7, 11) is 0. The van der Waals surface area contributed by atoms with Crippen molar-refractivity contribution in [2.24, 2.45) is 11.8 Å². The molecule has 19 heavy (non-hydrogen) atoms. The van der Waals surface area contributed by atoms with Crippen molar-refractivity contribution in [2.45, 2.75) is 32.9 Å². The number of rotatable bonds is 3. The van der Waals surface area contributed by atoms with E-state index in [2.05, 4.69) is 36.2 Å². The molecule has 2 fully saturated rings. The van der Waals surface area contributed by atoms with Gasteiger partial charge in [-0.25, -0.2) is 0 Å². The molecule has 0 aromatic heterocycles. The summed E-state index contributed by atoms with van der Waals surface area (Å²) in [6.07, 6.45) is 1.26. The number of nitrogens with zero attached hydrogens (tertiary/aromatic N) is 1. The van der Waals surface area contributed by atoms with Gasteiger partial charge in [-0.15, -0.1) is 0 Å². The minimum Gasteiger partial charge on any atom is -0.316 e. The highest BCUT2D eigenvalue weighted by molar-refractivity contribution is 6.30. The second-order valence-corrected chi connectivity index (χ2v) is 6.49. The van der Waals surface area contributed by atoms with Gasteiger partial charge in [-0.1, -0.05) is 24.6 Å². The first-order chi connectivity index (χ1) is 9.19. The molecule has 3 atom stereocenters. The van der Waals surface area contributed by atoms with Crippen molar-refractivity contribution in [2.75, 3.05) is 19.6 Å². The molecule has 0 spiro atoms. The van der Waals surface area contributed by atoms with Crippen LogP contribution < -0.4 is 5.32 Å². The second-order valence-electron chi connectivity index (χ2n) is 6.06. The van der Waals surface area contributed by atoms with E-state index in [9.17, 15) is 0 Å². The van der Waals surface area contributed by atoms with Gasteiger partial charge in [0.05, 0.1) is 0 Å². The zero-order chi connectivity index (χ0) is 13.4. The zero-order valence-electron chi connectivity index (χ0n) is 11.8. The van der Waals surface area contributed by atoms with Crippen molar-refractivity contribution in [3.8, 4) is 0 Å². The molecule has 2 nitrogen and oxygen atoms in total. The molecular weight excluding hydrogens is 256 g/mol. The van der Waals surface area contributed by atoms with Crippen LogP contribution in [0.1, 0.15) is 24.5 Å². The van der Waals surface area contributed by atoms with E-state index in [4.69, 9.17) is 11.6 Å². The molecule has 104 valence electrons. The van der Waals surface area contributed by atoms with Crippen molar-refractivity contribution < 1.29 is 0 Å². The summed E-state index contributed by atoms with van der Waals surface area (Å²) in [5.41, 5.74) is 2.74. The van der Waals surface area contributed by atoms with E-state index in [0.29, 0.717) is 0 Å². The summed E-state index contributed by atoms with van der Waals surface area (Å²) in [4.78, 5) is 2.69. The predicted molar refractivity (Wildman–Crippen MR) is 80.5 cm³/mol. The SMILES string of the molecule is CCC1C2CNCC2CN1Cc1ccc(Cl)cc1C. The fourth-order valence-corrected chi connectivity index (χ4v) is 4.14. The number of likely N-dealkylation sites (tertiary alicyclic amines) is 1. The van der Waals surface area contributed by atoms with Crippen molar-refractivity contribution in [1.29, 1.82) is 0 Å². The molecule has 3 unspecified atom stereocenters. The highest BCUT2D eigenvalue weighted by Gasteiger charge is 2.42. The third kappa shape index (κ3) is 2.54. The van der Waals surface area contributed by atoms with Crippen molar-refractivity contribution in [1.82, 2.24) is 10.2 Å². The summed E-state index contributed by atoms with van der Waals surface area (Å²) < 4.78 is 0. The Morgan fingerprint density at radius 3 is 2.95 bits per heavy atom. The van der Waals surface area contributed by atoms with E-state index in [0.717, 1.165) is 29.4 Å².